The second-order valence-corrected chi connectivity index (χ2v) is 6.05. The molecule has 0 aromatic carbocycles. The van der Waals surface area contributed by atoms with Crippen molar-refractivity contribution in [1.82, 2.24) is 15.5 Å². The van der Waals surface area contributed by atoms with E-state index in [9.17, 15) is 0 Å². The van der Waals surface area contributed by atoms with Crippen LogP contribution in [0.15, 0.2) is 11.4 Å². The first-order chi connectivity index (χ1) is 8.22. The van der Waals surface area contributed by atoms with Gasteiger partial charge in [-0.3, -0.25) is 0 Å². The number of thiophene rings is 1. The summed E-state index contributed by atoms with van der Waals surface area (Å²) in [6.45, 7) is 5.25. The van der Waals surface area contributed by atoms with E-state index in [1.165, 1.54) is 0 Å². The molecular formula is C11H14ClN3S2. The summed E-state index contributed by atoms with van der Waals surface area (Å²) in [7, 11) is 0. The Hall–Kier alpha value is -0.490. The lowest BCUT2D eigenvalue weighted by atomic mass is 10.3. The van der Waals surface area contributed by atoms with Crippen LogP contribution in [0.3, 0.4) is 0 Å². The number of nitrogens with one attached hydrogen (secondary N) is 1. The zero-order valence-electron chi connectivity index (χ0n) is 9.74. The molecule has 0 aliphatic carbocycles. The van der Waals surface area contributed by atoms with Crippen LogP contribution in [-0.4, -0.2) is 16.7 Å². The highest BCUT2D eigenvalue weighted by molar-refractivity contribution is 7.21. The van der Waals surface area contributed by atoms with E-state index < -0.39 is 0 Å². The van der Waals surface area contributed by atoms with Gasteiger partial charge in [-0.25, -0.2) is 0 Å². The summed E-state index contributed by atoms with van der Waals surface area (Å²) in [5, 5.41) is 16.5. The van der Waals surface area contributed by atoms with Crippen LogP contribution in [0.4, 0.5) is 0 Å². The van der Waals surface area contributed by atoms with Crippen molar-refractivity contribution in [2.75, 3.05) is 6.54 Å². The maximum absolute atomic E-state index is 6.08. The molecule has 0 fully saturated rings. The first kappa shape index (κ1) is 13.0. The van der Waals surface area contributed by atoms with E-state index in [2.05, 4.69) is 29.4 Å². The van der Waals surface area contributed by atoms with E-state index in [1.54, 1.807) is 22.7 Å². The lowest BCUT2D eigenvalue weighted by molar-refractivity contribution is 0.564. The summed E-state index contributed by atoms with van der Waals surface area (Å²) in [4.78, 5) is 1.01. The molecule has 1 N–H and O–H groups in total. The van der Waals surface area contributed by atoms with Gasteiger partial charge in [0.2, 0.25) is 0 Å². The third kappa shape index (κ3) is 3.04. The topological polar surface area (TPSA) is 37.8 Å². The van der Waals surface area contributed by atoms with Crippen molar-refractivity contribution in [3.63, 3.8) is 0 Å². The molecule has 0 spiro atoms. The minimum atomic E-state index is 0.250. The normalized spacial score (nSPS) is 12.9. The van der Waals surface area contributed by atoms with Gasteiger partial charge in [0.1, 0.15) is 5.01 Å². The molecule has 0 radical (unpaired) electrons. The van der Waals surface area contributed by atoms with E-state index in [-0.39, 0.29) is 6.04 Å². The van der Waals surface area contributed by atoms with E-state index in [0.29, 0.717) is 0 Å². The molecule has 17 heavy (non-hydrogen) atoms. The lowest BCUT2D eigenvalue weighted by Gasteiger charge is -2.08. The number of hydrogen-bond acceptors (Lipinski definition) is 5. The first-order valence-electron chi connectivity index (χ1n) is 5.52. The Bertz CT molecular complexity index is 481. The largest absolute Gasteiger partial charge is 0.308 e. The quantitative estimate of drug-likeness (QED) is 0.904. The Balaban J connectivity index is 2.13. The Kier molecular flexibility index (Phi) is 4.50. The average Bonchev–Trinajstić information content (AvgIpc) is 2.93. The molecule has 3 nitrogen and oxygen atoms in total. The number of rotatable bonds is 5. The van der Waals surface area contributed by atoms with Crippen molar-refractivity contribution in [2.24, 2.45) is 0 Å². The summed E-state index contributed by atoms with van der Waals surface area (Å²) in [6, 6.07) is 2.14. The summed E-state index contributed by atoms with van der Waals surface area (Å²) in [5.74, 6) is 0. The molecular weight excluding hydrogens is 274 g/mol. The molecule has 1 atom stereocenters. The zero-order valence-corrected chi connectivity index (χ0v) is 12.1. The molecule has 0 saturated carbocycles. The van der Waals surface area contributed by atoms with Crippen molar-refractivity contribution in [3.05, 3.63) is 21.5 Å². The molecule has 2 heterocycles. The predicted molar refractivity (Wildman–Crippen MR) is 74.9 cm³/mol. The Morgan fingerprint density at radius 1 is 1.47 bits per heavy atom. The van der Waals surface area contributed by atoms with Gasteiger partial charge in [-0.1, -0.05) is 29.9 Å². The minimum absolute atomic E-state index is 0.250. The zero-order chi connectivity index (χ0) is 12.3. The van der Waals surface area contributed by atoms with E-state index in [1.807, 2.05) is 11.4 Å². The maximum Gasteiger partial charge on any atom is 0.159 e. The first-order valence-corrected chi connectivity index (χ1v) is 7.60. The van der Waals surface area contributed by atoms with Gasteiger partial charge in [-0.2, -0.15) is 0 Å². The summed E-state index contributed by atoms with van der Waals surface area (Å²) < 4.78 is 0. The molecule has 0 bridgehead atoms. The van der Waals surface area contributed by atoms with Crippen molar-refractivity contribution >= 4 is 34.3 Å². The van der Waals surface area contributed by atoms with Crippen LogP contribution in [0.2, 0.25) is 5.02 Å². The number of hydrogen-bond donors (Lipinski definition) is 1. The van der Waals surface area contributed by atoms with Crippen molar-refractivity contribution in [2.45, 2.75) is 26.3 Å². The van der Waals surface area contributed by atoms with Gasteiger partial charge in [0.15, 0.2) is 5.01 Å². The summed E-state index contributed by atoms with van der Waals surface area (Å²) in [5.41, 5.74) is 0. The standard InChI is InChI=1S/C11H14ClN3S2/c1-3-5-13-7(2)10-14-15-11(17-10)9-8(12)4-6-16-9/h4,6-7,13H,3,5H2,1-2H3. The number of aromatic nitrogens is 2. The minimum Gasteiger partial charge on any atom is -0.308 e. The summed E-state index contributed by atoms with van der Waals surface area (Å²) in [6.07, 6.45) is 1.12. The molecule has 0 amide bonds. The van der Waals surface area contributed by atoms with Crippen LogP contribution in [0, 0.1) is 0 Å². The van der Waals surface area contributed by atoms with Crippen LogP contribution in [0.1, 0.15) is 31.3 Å². The van der Waals surface area contributed by atoms with Crippen LogP contribution < -0.4 is 5.32 Å². The third-order valence-corrected chi connectivity index (χ3v) is 4.92. The Morgan fingerprint density at radius 2 is 2.29 bits per heavy atom. The van der Waals surface area contributed by atoms with Gasteiger partial charge < -0.3 is 5.32 Å². The molecule has 0 aliphatic heterocycles. The van der Waals surface area contributed by atoms with Gasteiger partial charge in [0.25, 0.3) is 0 Å². The highest BCUT2D eigenvalue weighted by Crippen LogP contribution is 2.35. The second kappa shape index (κ2) is 5.91. The van der Waals surface area contributed by atoms with Crippen LogP contribution in [0.5, 0.6) is 0 Å². The fraction of sp³-hybridized carbons (Fsp3) is 0.455. The highest BCUT2D eigenvalue weighted by Gasteiger charge is 2.14. The molecule has 2 aromatic heterocycles. The fourth-order valence-electron chi connectivity index (χ4n) is 1.40. The van der Waals surface area contributed by atoms with E-state index in [0.717, 1.165) is 32.9 Å². The molecule has 2 rings (SSSR count). The monoisotopic (exact) mass is 287 g/mol. The smallest absolute Gasteiger partial charge is 0.159 e. The van der Waals surface area contributed by atoms with Gasteiger partial charge in [-0.15, -0.1) is 21.5 Å². The van der Waals surface area contributed by atoms with Gasteiger partial charge in [0, 0.05) is 0 Å². The summed E-state index contributed by atoms with van der Waals surface area (Å²) >= 11 is 9.29. The highest BCUT2D eigenvalue weighted by atomic mass is 35.5. The van der Waals surface area contributed by atoms with Crippen molar-refractivity contribution in [3.8, 4) is 9.88 Å². The average molecular weight is 288 g/mol. The SMILES string of the molecule is CCCNC(C)c1nnc(-c2sccc2Cl)s1. The molecule has 92 valence electrons. The molecule has 1 unspecified atom stereocenters. The number of nitrogens with zero attached hydrogens (tertiary/aromatic N) is 2. The fourth-order valence-corrected chi connectivity index (χ4v) is 3.57. The van der Waals surface area contributed by atoms with Crippen LogP contribution in [-0.2, 0) is 0 Å². The Labute approximate surface area is 114 Å². The van der Waals surface area contributed by atoms with Gasteiger partial charge in [-0.05, 0) is 31.3 Å². The molecule has 2 aromatic rings. The van der Waals surface area contributed by atoms with Crippen LogP contribution >= 0.6 is 34.3 Å². The van der Waals surface area contributed by atoms with Gasteiger partial charge >= 0.3 is 0 Å². The molecule has 6 heteroatoms. The third-order valence-electron chi connectivity index (χ3n) is 2.32. The lowest BCUT2D eigenvalue weighted by Crippen LogP contribution is -2.18. The van der Waals surface area contributed by atoms with Crippen LogP contribution in [0.25, 0.3) is 9.88 Å². The van der Waals surface area contributed by atoms with Crippen molar-refractivity contribution in [1.29, 1.82) is 0 Å². The predicted octanol–water partition coefficient (Wildman–Crippen LogP) is 3.98. The van der Waals surface area contributed by atoms with Gasteiger partial charge in [0.05, 0.1) is 15.9 Å². The number of halogens is 1. The van der Waals surface area contributed by atoms with E-state index in [4.69, 9.17) is 11.6 Å². The molecule has 0 saturated heterocycles. The molecule has 0 aliphatic rings. The van der Waals surface area contributed by atoms with Crippen molar-refractivity contribution < 1.29 is 0 Å². The second-order valence-electron chi connectivity index (χ2n) is 3.72. The van der Waals surface area contributed by atoms with E-state index >= 15 is 0 Å². The Morgan fingerprint density at radius 3 is 2.94 bits per heavy atom. The maximum atomic E-state index is 6.08.